The summed E-state index contributed by atoms with van der Waals surface area (Å²) < 4.78 is 11.3. The highest BCUT2D eigenvalue weighted by atomic mass is 16.5. The number of hydrogen-bond acceptors (Lipinski definition) is 4. The average molecular weight is 407 g/mol. The molecule has 1 N–H and O–H groups in total. The highest BCUT2D eigenvalue weighted by Crippen LogP contribution is 2.53. The largest absolute Gasteiger partial charge is 0.493 e. The molecule has 5 heteroatoms. The molecule has 1 amide bonds. The first-order chi connectivity index (χ1) is 14.2. The summed E-state index contributed by atoms with van der Waals surface area (Å²) in [6.45, 7) is 10.8. The molecule has 2 aromatic carbocycles. The van der Waals surface area contributed by atoms with Gasteiger partial charge in [0.1, 0.15) is 5.66 Å². The van der Waals surface area contributed by atoms with Gasteiger partial charge in [-0.1, -0.05) is 43.7 Å². The summed E-state index contributed by atoms with van der Waals surface area (Å²) in [7, 11) is 1.65. The third kappa shape index (κ3) is 3.04. The maximum absolute atomic E-state index is 12.5. The van der Waals surface area contributed by atoms with Gasteiger partial charge in [-0.25, -0.2) is 0 Å². The van der Waals surface area contributed by atoms with Crippen LogP contribution in [0.25, 0.3) is 6.08 Å². The van der Waals surface area contributed by atoms with Crippen molar-refractivity contribution in [3.8, 4) is 11.5 Å². The molecule has 4 rings (SSSR count). The number of amides is 1. The molecule has 158 valence electrons. The molecule has 30 heavy (non-hydrogen) atoms. The third-order valence-corrected chi connectivity index (χ3v) is 6.19. The lowest BCUT2D eigenvalue weighted by atomic mass is 9.75. The molecule has 2 aliphatic heterocycles. The Morgan fingerprint density at radius 3 is 2.60 bits per heavy atom. The van der Waals surface area contributed by atoms with Crippen molar-refractivity contribution in [2.45, 2.75) is 51.8 Å². The van der Waals surface area contributed by atoms with Crippen LogP contribution in [0, 0.1) is 6.92 Å². The predicted molar refractivity (Wildman–Crippen MR) is 120 cm³/mol. The lowest BCUT2D eigenvalue weighted by Crippen LogP contribution is -2.58. The summed E-state index contributed by atoms with van der Waals surface area (Å²) in [6, 6.07) is 12.4. The molecule has 2 aromatic rings. The van der Waals surface area contributed by atoms with Gasteiger partial charge in [0.15, 0.2) is 11.5 Å². The molecule has 1 unspecified atom stereocenters. The molecular weight excluding hydrogens is 376 g/mol. The summed E-state index contributed by atoms with van der Waals surface area (Å²) in [5.74, 6) is 1.46. The Kier molecular flexibility index (Phi) is 4.80. The summed E-state index contributed by atoms with van der Waals surface area (Å²) in [5, 5.41) is 3.27. The third-order valence-electron chi connectivity index (χ3n) is 6.19. The first-order valence-corrected chi connectivity index (χ1v) is 10.4. The normalized spacial score (nSPS) is 21.7. The molecule has 1 saturated heterocycles. The van der Waals surface area contributed by atoms with Crippen LogP contribution in [0.4, 0.5) is 5.69 Å². The van der Waals surface area contributed by atoms with Crippen LogP contribution in [0.3, 0.4) is 0 Å². The fraction of sp³-hybridized carbons (Fsp3) is 0.400. The van der Waals surface area contributed by atoms with Gasteiger partial charge in [-0.15, -0.1) is 0 Å². The molecule has 1 atom stereocenters. The molecule has 0 radical (unpaired) electrons. The van der Waals surface area contributed by atoms with Crippen LogP contribution in [0.5, 0.6) is 11.5 Å². The Morgan fingerprint density at radius 2 is 1.90 bits per heavy atom. The molecule has 2 aliphatic rings. The number of fused-ring (bicyclic) bond motifs is 3. The minimum Gasteiger partial charge on any atom is -0.493 e. The lowest BCUT2D eigenvalue weighted by Gasteiger charge is -2.40. The van der Waals surface area contributed by atoms with E-state index in [0.717, 1.165) is 17.0 Å². The van der Waals surface area contributed by atoms with E-state index in [9.17, 15) is 4.79 Å². The second-order valence-electron chi connectivity index (χ2n) is 8.96. The van der Waals surface area contributed by atoms with Crippen LogP contribution in [0.15, 0.2) is 42.5 Å². The van der Waals surface area contributed by atoms with Crippen LogP contribution in [-0.2, 0) is 10.2 Å². The number of anilines is 1. The van der Waals surface area contributed by atoms with Gasteiger partial charge in [0.2, 0.25) is 5.91 Å². The Labute approximate surface area is 178 Å². The summed E-state index contributed by atoms with van der Waals surface area (Å²) in [6.07, 6.45) is 4.24. The standard InChI is InChI=1S/C25H30N2O3/c1-16(2)30-21-10-8-18(14-22(21)29-6)11-12-25-24(4,5)19-13-17(3)7-9-20(19)27(25)15-23(28)26-25/h7-14,16H,15H2,1-6H3,(H,26,28)/b12-11+. The Bertz CT molecular complexity index is 1030. The van der Waals surface area contributed by atoms with Gasteiger partial charge in [0.05, 0.1) is 19.8 Å². The van der Waals surface area contributed by atoms with Crippen molar-refractivity contribution in [2.75, 3.05) is 18.6 Å². The minimum absolute atomic E-state index is 0.0391. The van der Waals surface area contributed by atoms with Crippen LogP contribution in [0.1, 0.15) is 44.4 Å². The average Bonchev–Trinajstić information content (AvgIpc) is 3.11. The highest BCUT2D eigenvalue weighted by Gasteiger charge is 2.59. The number of rotatable bonds is 5. The Morgan fingerprint density at radius 1 is 1.13 bits per heavy atom. The van der Waals surface area contributed by atoms with Gasteiger partial charge in [-0.3, -0.25) is 4.79 Å². The van der Waals surface area contributed by atoms with Crippen molar-refractivity contribution in [3.05, 3.63) is 59.2 Å². The lowest BCUT2D eigenvalue weighted by molar-refractivity contribution is -0.118. The second-order valence-corrected chi connectivity index (χ2v) is 8.96. The zero-order valence-electron chi connectivity index (χ0n) is 18.6. The molecule has 1 fully saturated rings. The first kappa shape index (κ1) is 20.3. The minimum atomic E-state index is -0.611. The van der Waals surface area contributed by atoms with Gasteiger partial charge in [0.25, 0.3) is 0 Å². The van der Waals surface area contributed by atoms with E-state index in [2.05, 4.69) is 61.3 Å². The molecule has 5 nitrogen and oxygen atoms in total. The van der Waals surface area contributed by atoms with Crippen molar-refractivity contribution in [2.24, 2.45) is 0 Å². The summed E-state index contributed by atoms with van der Waals surface area (Å²) in [5.41, 5.74) is 3.68. The Balaban J connectivity index is 1.74. The fourth-order valence-electron chi connectivity index (χ4n) is 4.64. The summed E-state index contributed by atoms with van der Waals surface area (Å²) in [4.78, 5) is 14.7. The molecular formula is C25H30N2O3. The van der Waals surface area contributed by atoms with Gasteiger partial charge >= 0.3 is 0 Å². The van der Waals surface area contributed by atoms with Crippen molar-refractivity contribution >= 4 is 17.7 Å². The molecule has 0 aromatic heterocycles. The van der Waals surface area contributed by atoms with Crippen molar-refractivity contribution < 1.29 is 14.3 Å². The van der Waals surface area contributed by atoms with E-state index in [1.165, 1.54) is 11.1 Å². The number of carbonyl (C=O) groups excluding carboxylic acids is 1. The van der Waals surface area contributed by atoms with Crippen molar-refractivity contribution in [1.29, 1.82) is 0 Å². The maximum Gasteiger partial charge on any atom is 0.241 e. The van der Waals surface area contributed by atoms with Crippen LogP contribution < -0.4 is 19.7 Å². The van der Waals surface area contributed by atoms with Crippen LogP contribution in [-0.4, -0.2) is 31.3 Å². The SMILES string of the molecule is COc1cc(/C=C/C23NC(=O)CN2c2ccc(C)cc2C3(C)C)ccc1OC(C)C. The van der Waals surface area contributed by atoms with E-state index in [1.807, 2.05) is 32.0 Å². The van der Waals surface area contributed by atoms with E-state index < -0.39 is 5.66 Å². The van der Waals surface area contributed by atoms with Crippen LogP contribution >= 0.6 is 0 Å². The van der Waals surface area contributed by atoms with Gasteiger partial charge in [0, 0.05) is 11.1 Å². The fourth-order valence-corrected chi connectivity index (χ4v) is 4.64. The molecule has 0 aliphatic carbocycles. The van der Waals surface area contributed by atoms with E-state index >= 15 is 0 Å². The second kappa shape index (κ2) is 7.08. The molecule has 0 bridgehead atoms. The number of carbonyl (C=O) groups is 1. The molecule has 2 heterocycles. The quantitative estimate of drug-likeness (QED) is 0.798. The number of aryl methyl sites for hydroxylation is 1. The van der Waals surface area contributed by atoms with Crippen molar-refractivity contribution in [1.82, 2.24) is 5.32 Å². The van der Waals surface area contributed by atoms with E-state index in [1.54, 1.807) is 7.11 Å². The zero-order valence-corrected chi connectivity index (χ0v) is 18.6. The summed E-state index contributed by atoms with van der Waals surface area (Å²) >= 11 is 0. The number of nitrogens with one attached hydrogen (secondary N) is 1. The van der Waals surface area contributed by atoms with E-state index in [-0.39, 0.29) is 17.4 Å². The first-order valence-electron chi connectivity index (χ1n) is 10.4. The highest BCUT2D eigenvalue weighted by molar-refractivity contribution is 5.91. The van der Waals surface area contributed by atoms with Gasteiger partial charge < -0.3 is 19.7 Å². The van der Waals surface area contributed by atoms with Gasteiger partial charge in [-0.2, -0.15) is 0 Å². The predicted octanol–water partition coefficient (Wildman–Crippen LogP) is 4.43. The Hall–Kier alpha value is -2.95. The molecule has 0 saturated carbocycles. The topological polar surface area (TPSA) is 50.8 Å². The van der Waals surface area contributed by atoms with E-state index in [0.29, 0.717) is 12.3 Å². The number of methoxy groups -OCH3 is 1. The zero-order chi connectivity index (χ0) is 21.7. The number of hydrogen-bond donors (Lipinski definition) is 1. The van der Waals surface area contributed by atoms with Crippen molar-refractivity contribution in [3.63, 3.8) is 0 Å². The molecule has 0 spiro atoms. The smallest absolute Gasteiger partial charge is 0.241 e. The number of benzene rings is 2. The van der Waals surface area contributed by atoms with Crippen LogP contribution in [0.2, 0.25) is 0 Å². The monoisotopic (exact) mass is 406 g/mol. The van der Waals surface area contributed by atoms with Gasteiger partial charge in [-0.05, 0) is 56.2 Å². The maximum atomic E-state index is 12.5. The number of nitrogens with zero attached hydrogens (tertiary/aromatic N) is 1. The number of ether oxygens (including phenoxy) is 2. The van der Waals surface area contributed by atoms with E-state index in [4.69, 9.17) is 9.47 Å².